The molecular formula is C18H22N4O3S. The van der Waals surface area contributed by atoms with Gasteiger partial charge in [-0.25, -0.2) is 0 Å². The number of carbonyl (C=O) groups is 1. The number of benzene rings is 1. The van der Waals surface area contributed by atoms with Crippen molar-refractivity contribution in [1.82, 2.24) is 15.1 Å². The molecule has 138 valence electrons. The topological polar surface area (TPSA) is 78.7 Å². The molecule has 0 spiro atoms. The summed E-state index contributed by atoms with van der Waals surface area (Å²) >= 11 is 1.64. The number of non-ortho nitro benzene ring substituents is 1. The summed E-state index contributed by atoms with van der Waals surface area (Å²) in [7, 11) is 2.11. The average molecular weight is 374 g/mol. The summed E-state index contributed by atoms with van der Waals surface area (Å²) < 4.78 is 0. The molecular weight excluding hydrogens is 352 g/mol. The number of piperazine rings is 1. The molecule has 1 amide bonds. The van der Waals surface area contributed by atoms with Crippen molar-refractivity contribution in [3.05, 3.63) is 62.3 Å². The Morgan fingerprint density at radius 2 is 2.08 bits per heavy atom. The third-order valence-electron chi connectivity index (χ3n) is 4.68. The highest BCUT2D eigenvalue weighted by atomic mass is 32.1. The highest BCUT2D eigenvalue weighted by Gasteiger charge is 2.25. The highest BCUT2D eigenvalue weighted by Crippen LogP contribution is 2.24. The van der Waals surface area contributed by atoms with Gasteiger partial charge in [0.25, 0.3) is 11.6 Å². The Morgan fingerprint density at radius 3 is 2.73 bits per heavy atom. The van der Waals surface area contributed by atoms with Crippen LogP contribution < -0.4 is 5.32 Å². The summed E-state index contributed by atoms with van der Waals surface area (Å²) in [6, 6.07) is 8.02. The second-order valence-electron chi connectivity index (χ2n) is 6.43. The fraction of sp³-hybridized carbons (Fsp3) is 0.389. The number of nitro groups is 1. The quantitative estimate of drug-likeness (QED) is 0.620. The minimum atomic E-state index is -0.491. The minimum Gasteiger partial charge on any atom is -0.350 e. The van der Waals surface area contributed by atoms with Gasteiger partial charge in [0.15, 0.2) is 0 Å². The Balaban J connectivity index is 1.68. The van der Waals surface area contributed by atoms with Crippen molar-refractivity contribution in [2.24, 2.45) is 0 Å². The molecule has 1 N–H and O–H groups in total. The number of likely N-dealkylation sites (N-methyl/N-ethyl adjacent to an activating group) is 1. The lowest BCUT2D eigenvalue weighted by Gasteiger charge is -2.38. The van der Waals surface area contributed by atoms with E-state index in [9.17, 15) is 14.9 Å². The SMILES string of the molecule is CN1CCN(C(CNC(=O)c2cccc([N+](=O)[O-])c2)c2ccsc2)CC1. The fourth-order valence-electron chi connectivity index (χ4n) is 3.11. The number of carbonyl (C=O) groups excluding carboxylic acids is 1. The smallest absolute Gasteiger partial charge is 0.270 e. The third kappa shape index (κ3) is 4.46. The molecule has 0 bridgehead atoms. The molecule has 1 saturated heterocycles. The van der Waals surface area contributed by atoms with E-state index in [1.54, 1.807) is 17.4 Å². The standard InChI is InChI=1S/C18H22N4O3S/c1-20-6-8-21(9-7-20)17(15-5-10-26-13-15)12-19-18(23)14-3-2-4-16(11-14)22(24)25/h2-5,10-11,13,17H,6-9,12H2,1H3,(H,19,23). The predicted molar refractivity (Wildman–Crippen MR) is 102 cm³/mol. The van der Waals surface area contributed by atoms with Crippen LogP contribution in [0, 0.1) is 10.1 Å². The van der Waals surface area contributed by atoms with E-state index in [1.807, 2.05) is 5.38 Å². The van der Waals surface area contributed by atoms with Gasteiger partial charge in [-0.15, -0.1) is 0 Å². The van der Waals surface area contributed by atoms with E-state index in [2.05, 4.69) is 33.6 Å². The summed E-state index contributed by atoms with van der Waals surface area (Å²) in [4.78, 5) is 27.6. The number of hydrogen-bond donors (Lipinski definition) is 1. The van der Waals surface area contributed by atoms with Gasteiger partial charge >= 0.3 is 0 Å². The van der Waals surface area contributed by atoms with E-state index in [0.717, 1.165) is 26.2 Å². The number of nitro benzene ring substituents is 1. The van der Waals surface area contributed by atoms with Crippen LogP contribution >= 0.6 is 11.3 Å². The number of rotatable bonds is 6. The molecule has 26 heavy (non-hydrogen) atoms. The lowest BCUT2D eigenvalue weighted by Crippen LogP contribution is -2.48. The van der Waals surface area contributed by atoms with Crippen LogP contribution in [0.1, 0.15) is 22.0 Å². The van der Waals surface area contributed by atoms with Gasteiger partial charge in [-0.3, -0.25) is 19.8 Å². The molecule has 1 aromatic heterocycles. The number of nitrogens with one attached hydrogen (secondary N) is 1. The molecule has 1 fully saturated rings. The van der Waals surface area contributed by atoms with E-state index in [4.69, 9.17) is 0 Å². The van der Waals surface area contributed by atoms with Gasteiger partial charge in [0.1, 0.15) is 0 Å². The maximum atomic E-state index is 12.5. The zero-order valence-corrected chi connectivity index (χ0v) is 15.4. The minimum absolute atomic E-state index is 0.0777. The first-order chi connectivity index (χ1) is 12.5. The van der Waals surface area contributed by atoms with E-state index in [-0.39, 0.29) is 17.6 Å². The van der Waals surface area contributed by atoms with Gasteiger partial charge in [-0.1, -0.05) is 6.07 Å². The Morgan fingerprint density at radius 1 is 1.31 bits per heavy atom. The van der Waals surface area contributed by atoms with Gasteiger partial charge in [0.05, 0.1) is 11.0 Å². The molecule has 1 aliphatic rings. The number of hydrogen-bond acceptors (Lipinski definition) is 6. The van der Waals surface area contributed by atoms with Crippen LogP contribution in [-0.4, -0.2) is 60.4 Å². The molecule has 8 heteroatoms. The largest absolute Gasteiger partial charge is 0.350 e. The van der Waals surface area contributed by atoms with Crippen molar-refractivity contribution in [2.45, 2.75) is 6.04 Å². The monoisotopic (exact) mass is 374 g/mol. The summed E-state index contributed by atoms with van der Waals surface area (Å²) in [6.45, 7) is 4.37. The van der Waals surface area contributed by atoms with Crippen LogP contribution in [0.4, 0.5) is 5.69 Å². The summed E-state index contributed by atoms with van der Waals surface area (Å²) in [6.07, 6.45) is 0. The van der Waals surface area contributed by atoms with Crippen LogP contribution in [0.3, 0.4) is 0 Å². The average Bonchev–Trinajstić information content (AvgIpc) is 3.17. The molecule has 1 aromatic carbocycles. The molecule has 0 aliphatic carbocycles. The Labute approximate surface area is 156 Å². The van der Waals surface area contributed by atoms with Crippen LogP contribution in [0.2, 0.25) is 0 Å². The first-order valence-corrected chi connectivity index (χ1v) is 9.46. The van der Waals surface area contributed by atoms with Crippen molar-refractivity contribution >= 4 is 22.9 Å². The van der Waals surface area contributed by atoms with Crippen LogP contribution in [-0.2, 0) is 0 Å². The third-order valence-corrected chi connectivity index (χ3v) is 5.38. The van der Waals surface area contributed by atoms with E-state index in [1.165, 1.54) is 23.8 Å². The maximum Gasteiger partial charge on any atom is 0.270 e. The van der Waals surface area contributed by atoms with Gasteiger partial charge in [-0.2, -0.15) is 11.3 Å². The molecule has 1 atom stereocenters. The number of amides is 1. The molecule has 2 heterocycles. The maximum absolute atomic E-state index is 12.5. The molecule has 3 rings (SSSR count). The van der Waals surface area contributed by atoms with E-state index < -0.39 is 4.92 Å². The summed E-state index contributed by atoms with van der Waals surface area (Å²) in [5.41, 5.74) is 1.42. The lowest BCUT2D eigenvalue weighted by molar-refractivity contribution is -0.384. The second-order valence-corrected chi connectivity index (χ2v) is 7.21. The molecule has 2 aromatic rings. The lowest BCUT2D eigenvalue weighted by atomic mass is 10.1. The highest BCUT2D eigenvalue weighted by molar-refractivity contribution is 7.07. The van der Waals surface area contributed by atoms with Crippen LogP contribution in [0.15, 0.2) is 41.1 Å². The molecule has 1 aliphatic heterocycles. The van der Waals surface area contributed by atoms with Crippen molar-refractivity contribution < 1.29 is 9.72 Å². The van der Waals surface area contributed by atoms with E-state index in [0.29, 0.717) is 12.1 Å². The van der Waals surface area contributed by atoms with Gasteiger partial charge in [-0.05, 0) is 35.5 Å². The Kier molecular flexibility index (Phi) is 5.97. The Hall–Kier alpha value is -2.29. The molecule has 1 unspecified atom stereocenters. The first kappa shape index (κ1) is 18.5. The van der Waals surface area contributed by atoms with Crippen molar-refractivity contribution in [3.63, 3.8) is 0 Å². The van der Waals surface area contributed by atoms with Gasteiger partial charge < -0.3 is 10.2 Å². The zero-order valence-electron chi connectivity index (χ0n) is 14.6. The second kappa shape index (κ2) is 8.39. The Bertz CT molecular complexity index is 758. The number of thiophene rings is 1. The number of nitrogens with zero attached hydrogens (tertiary/aromatic N) is 3. The molecule has 0 radical (unpaired) electrons. The predicted octanol–water partition coefficient (Wildman–Crippen LogP) is 2.37. The summed E-state index contributed by atoms with van der Waals surface area (Å²) in [5.74, 6) is -0.289. The van der Waals surface area contributed by atoms with Gasteiger partial charge in [0.2, 0.25) is 0 Å². The molecule has 0 saturated carbocycles. The zero-order chi connectivity index (χ0) is 18.5. The van der Waals surface area contributed by atoms with Crippen LogP contribution in [0.25, 0.3) is 0 Å². The first-order valence-electron chi connectivity index (χ1n) is 8.52. The van der Waals surface area contributed by atoms with E-state index >= 15 is 0 Å². The molecule has 7 nitrogen and oxygen atoms in total. The summed E-state index contributed by atoms with van der Waals surface area (Å²) in [5, 5.41) is 18.0. The van der Waals surface area contributed by atoms with Crippen molar-refractivity contribution in [1.29, 1.82) is 0 Å². The van der Waals surface area contributed by atoms with Crippen molar-refractivity contribution in [3.8, 4) is 0 Å². The fourth-order valence-corrected chi connectivity index (χ4v) is 3.82. The van der Waals surface area contributed by atoms with Crippen LogP contribution in [0.5, 0.6) is 0 Å². The normalized spacial score (nSPS) is 17.0. The van der Waals surface area contributed by atoms with Crippen molar-refractivity contribution in [2.75, 3.05) is 39.8 Å². The van der Waals surface area contributed by atoms with Gasteiger partial charge in [0, 0.05) is 50.4 Å².